The summed E-state index contributed by atoms with van der Waals surface area (Å²) in [7, 11) is 0. The molecule has 0 aromatic carbocycles. The van der Waals surface area contributed by atoms with Gasteiger partial charge in [-0.05, 0) is 53.0 Å². The van der Waals surface area contributed by atoms with Gasteiger partial charge in [0.15, 0.2) is 0 Å². The number of nitrogens with one attached hydrogen (secondary N) is 1. The van der Waals surface area contributed by atoms with E-state index in [0.717, 1.165) is 13.2 Å². The number of rotatable bonds is 6. The Morgan fingerprint density at radius 3 is 2.80 bits per heavy atom. The van der Waals surface area contributed by atoms with Gasteiger partial charge in [-0.1, -0.05) is 0 Å². The lowest BCUT2D eigenvalue weighted by Crippen LogP contribution is -2.46. The Morgan fingerprint density at radius 2 is 2.27 bits per heavy atom. The average molecular weight is 234 g/mol. The highest BCUT2D eigenvalue weighted by Gasteiger charge is 2.23. The van der Waals surface area contributed by atoms with Gasteiger partial charge < -0.3 is 10.1 Å². The normalized spacial score (nSPS) is 24.4. The minimum absolute atomic E-state index is 0.0259. The van der Waals surface area contributed by atoms with Crippen LogP contribution in [0.2, 0.25) is 0 Å². The molecule has 0 bridgehead atoms. The minimum Gasteiger partial charge on any atom is -0.378 e. The van der Waals surface area contributed by atoms with Crippen molar-refractivity contribution in [2.75, 3.05) is 13.2 Å². The summed E-state index contributed by atoms with van der Waals surface area (Å²) in [6.45, 7) is 8.33. The molecule has 1 fully saturated rings. The van der Waals surface area contributed by atoms with Gasteiger partial charge in [-0.3, -0.25) is 0 Å². The van der Waals surface area contributed by atoms with Gasteiger partial charge in [0.25, 0.3) is 0 Å². The van der Waals surface area contributed by atoms with Gasteiger partial charge in [0.2, 0.25) is 0 Å². The van der Waals surface area contributed by atoms with Gasteiger partial charge in [-0.2, -0.15) is 0 Å². The molecule has 1 rings (SSSR count). The van der Waals surface area contributed by atoms with Crippen LogP contribution in [-0.4, -0.2) is 30.2 Å². The minimum atomic E-state index is 0.0259. The van der Waals surface area contributed by atoms with Crippen LogP contribution in [-0.2, 0) is 4.74 Å². The zero-order valence-corrected chi connectivity index (χ0v) is 10.9. The third-order valence-corrected chi connectivity index (χ3v) is 3.85. The molecule has 0 radical (unpaired) electrons. The number of halogens is 1. The Kier molecular flexibility index (Phi) is 5.37. The van der Waals surface area contributed by atoms with Crippen molar-refractivity contribution >= 4 is 11.6 Å². The van der Waals surface area contributed by atoms with E-state index in [1.165, 1.54) is 25.7 Å². The Balaban J connectivity index is 2.05. The Morgan fingerprint density at radius 1 is 1.53 bits per heavy atom. The van der Waals surface area contributed by atoms with Crippen LogP contribution >= 0.6 is 11.6 Å². The molecule has 3 heteroatoms. The zero-order valence-electron chi connectivity index (χ0n) is 10.2. The average Bonchev–Trinajstić information content (AvgIpc) is 2.64. The van der Waals surface area contributed by atoms with Gasteiger partial charge >= 0.3 is 0 Å². The van der Waals surface area contributed by atoms with E-state index in [9.17, 15) is 0 Å². The molecule has 1 N–H and O–H groups in total. The quantitative estimate of drug-likeness (QED) is 0.563. The predicted molar refractivity (Wildman–Crippen MR) is 65.6 cm³/mol. The van der Waals surface area contributed by atoms with Gasteiger partial charge in [-0.15, -0.1) is 11.6 Å². The first-order chi connectivity index (χ1) is 7.02. The maximum Gasteiger partial charge on any atom is 0.0576 e. The van der Waals surface area contributed by atoms with Crippen molar-refractivity contribution in [1.29, 1.82) is 0 Å². The van der Waals surface area contributed by atoms with Gasteiger partial charge in [0.1, 0.15) is 0 Å². The third-order valence-electron chi connectivity index (χ3n) is 3.30. The fourth-order valence-corrected chi connectivity index (χ4v) is 1.83. The van der Waals surface area contributed by atoms with Crippen LogP contribution in [0, 0.1) is 0 Å². The van der Waals surface area contributed by atoms with E-state index in [0.29, 0.717) is 6.10 Å². The van der Waals surface area contributed by atoms with Crippen LogP contribution in [0.25, 0.3) is 0 Å². The summed E-state index contributed by atoms with van der Waals surface area (Å²) in [5.74, 6) is 0. The predicted octanol–water partition coefficient (Wildman–Crippen LogP) is 2.94. The summed E-state index contributed by atoms with van der Waals surface area (Å²) in [6.07, 6.45) is 5.36. The van der Waals surface area contributed by atoms with Crippen LogP contribution in [0.5, 0.6) is 0 Å². The van der Waals surface area contributed by atoms with Crippen LogP contribution in [0.15, 0.2) is 0 Å². The summed E-state index contributed by atoms with van der Waals surface area (Å²) in [5, 5.41) is 3.65. The summed E-state index contributed by atoms with van der Waals surface area (Å²) in [6, 6.07) is 0. The van der Waals surface area contributed by atoms with Crippen molar-refractivity contribution < 1.29 is 4.74 Å². The Hall–Kier alpha value is 0.210. The van der Waals surface area contributed by atoms with E-state index >= 15 is 0 Å². The van der Waals surface area contributed by atoms with E-state index in [2.05, 4.69) is 19.2 Å². The lowest BCUT2D eigenvalue weighted by atomic mass is 10.0. The summed E-state index contributed by atoms with van der Waals surface area (Å²) >= 11 is 6.09. The van der Waals surface area contributed by atoms with E-state index in [1.54, 1.807) is 0 Å². The molecule has 90 valence electrons. The van der Waals surface area contributed by atoms with Crippen molar-refractivity contribution in [3.05, 3.63) is 0 Å². The first-order valence-corrected chi connectivity index (χ1v) is 6.47. The molecule has 0 spiro atoms. The largest absolute Gasteiger partial charge is 0.378 e. The monoisotopic (exact) mass is 233 g/mol. The molecule has 15 heavy (non-hydrogen) atoms. The number of hydrogen-bond acceptors (Lipinski definition) is 2. The molecule has 1 heterocycles. The SMILES string of the molecule is CC(Cl)C(C)(C)NCCCC1CCCO1. The summed E-state index contributed by atoms with van der Waals surface area (Å²) in [4.78, 5) is 0. The van der Waals surface area contributed by atoms with Gasteiger partial charge in [0, 0.05) is 17.5 Å². The van der Waals surface area contributed by atoms with Crippen LogP contribution in [0.3, 0.4) is 0 Å². The number of alkyl halides is 1. The standard InChI is InChI=1S/C12H24ClNO/c1-10(13)12(2,3)14-8-4-6-11-7-5-9-15-11/h10-11,14H,4-9H2,1-3H3. The second-order valence-electron chi connectivity index (χ2n) is 5.04. The first-order valence-electron chi connectivity index (χ1n) is 6.03. The van der Waals surface area contributed by atoms with E-state index in [4.69, 9.17) is 16.3 Å². The fourth-order valence-electron chi connectivity index (χ4n) is 1.75. The molecule has 1 aliphatic heterocycles. The molecule has 0 aliphatic carbocycles. The molecular formula is C12H24ClNO. The van der Waals surface area contributed by atoms with Gasteiger partial charge in [-0.25, -0.2) is 0 Å². The third kappa shape index (κ3) is 4.71. The molecule has 2 unspecified atom stereocenters. The zero-order chi connectivity index (χ0) is 11.3. The highest BCUT2D eigenvalue weighted by Crippen LogP contribution is 2.18. The van der Waals surface area contributed by atoms with Crippen molar-refractivity contribution in [2.45, 2.75) is 63.5 Å². The Bertz CT molecular complexity index is 176. The van der Waals surface area contributed by atoms with Crippen molar-refractivity contribution in [1.82, 2.24) is 5.32 Å². The molecule has 0 aromatic rings. The number of ether oxygens (including phenoxy) is 1. The van der Waals surface area contributed by atoms with Gasteiger partial charge in [0.05, 0.1) is 6.10 Å². The first kappa shape index (κ1) is 13.3. The molecular weight excluding hydrogens is 210 g/mol. The van der Waals surface area contributed by atoms with E-state index in [1.807, 2.05) is 6.92 Å². The molecule has 2 nitrogen and oxygen atoms in total. The smallest absolute Gasteiger partial charge is 0.0576 e. The van der Waals surface area contributed by atoms with Crippen LogP contribution < -0.4 is 5.32 Å². The molecule has 1 saturated heterocycles. The van der Waals surface area contributed by atoms with Crippen molar-refractivity contribution in [2.24, 2.45) is 0 Å². The molecule has 0 amide bonds. The van der Waals surface area contributed by atoms with Crippen LogP contribution in [0.4, 0.5) is 0 Å². The molecule has 0 aromatic heterocycles. The second kappa shape index (κ2) is 6.07. The Labute approximate surface area is 98.7 Å². The topological polar surface area (TPSA) is 21.3 Å². The highest BCUT2D eigenvalue weighted by molar-refractivity contribution is 6.21. The maximum absolute atomic E-state index is 6.09. The molecule has 2 atom stereocenters. The van der Waals surface area contributed by atoms with Crippen molar-refractivity contribution in [3.8, 4) is 0 Å². The molecule has 0 saturated carbocycles. The maximum atomic E-state index is 6.09. The van der Waals surface area contributed by atoms with E-state index in [-0.39, 0.29) is 10.9 Å². The highest BCUT2D eigenvalue weighted by atomic mass is 35.5. The lowest BCUT2D eigenvalue weighted by Gasteiger charge is -2.29. The summed E-state index contributed by atoms with van der Waals surface area (Å²) in [5.41, 5.74) is 0.0259. The van der Waals surface area contributed by atoms with Crippen LogP contribution in [0.1, 0.15) is 46.5 Å². The number of hydrogen-bond donors (Lipinski definition) is 1. The summed E-state index contributed by atoms with van der Waals surface area (Å²) < 4.78 is 5.58. The van der Waals surface area contributed by atoms with Crippen molar-refractivity contribution in [3.63, 3.8) is 0 Å². The van der Waals surface area contributed by atoms with E-state index < -0.39 is 0 Å². The molecule has 1 aliphatic rings. The fraction of sp³-hybridized carbons (Fsp3) is 1.00. The lowest BCUT2D eigenvalue weighted by molar-refractivity contribution is 0.102. The second-order valence-corrected chi connectivity index (χ2v) is 5.70.